The van der Waals surface area contributed by atoms with E-state index in [2.05, 4.69) is 0 Å². The van der Waals surface area contributed by atoms with Crippen molar-refractivity contribution in [1.29, 1.82) is 0 Å². The maximum Gasteiger partial charge on any atom is 0.257 e. The van der Waals surface area contributed by atoms with Crippen LogP contribution in [0.2, 0.25) is 0 Å². The summed E-state index contributed by atoms with van der Waals surface area (Å²) >= 11 is 0. The Balaban J connectivity index is 3.06. The summed E-state index contributed by atoms with van der Waals surface area (Å²) in [5.41, 5.74) is 1.03. The lowest BCUT2D eigenvalue weighted by Crippen LogP contribution is -2.44. The molecule has 0 spiro atoms. The molecule has 0 aliphatic rings. The Morgan fingerprint density at radius 3 is 2.35 bits per heavy atom. The van der Waals surface area contributed by atoms with Crippen LogP contribution in [0.3, 0.4) is 0 Å². The minimum atomic E-state index is -3.24. The molecular formula is C14H21NO4S. The third kappa shape index (κ3) is 3.50. The molecule has 0 aromatic heterocycles. The Morgan fingerprint density at radius 1 is 1.30 bits per heavy atom. The zero-order valence-electron chi connectivity index (χ0n) is 12.4. The molecule has 0 saturated carbocycles. The molecule has 1 amide bonds. The second-order valence-electron chi connectivity index (χ2n) is 5.21. The summed E-state index contributed by atoms with van der Waals surface area (Å²) < 4.78 is 23.1. The number of nitrogens with zero attached hydrogens (tertiary/aromatic N) is 1. The van der Waals surface area contributed by atoms with Crippen molar-refractivity contribution in [3.05, 3.63) is 29.3 Å². The van der Waals surface area contributed by atoms with Crippen molar-refractivity contribution in [3.63, 3.8) is 0 Å². The average molecular weight is 299 g/mol. The van der Waals surface area contributed by atoms with Gasteiger partial charge in [0.25, 0.3) is 5.91 Å². The van der Waals surface area contributed by atoms with Gasteiger partial charge in [-0.05, 0) is 32.9 Å². The SMILES string of the molecule is Cc1ccc(O)c(C(=O)N(C)C(C)C(C)S(C)(=O)=O)c1. The van der Waals surface area contributed by atoms with E-state index >= 15 is 0 Å². The fraction of sp³-hybridized carbons (Fsp3) is 0.500. The first-order valence-corrected chi connectivity index (χ1v) is 8.26. The fourth-order valence-corrected chi connectivity index (χ4v) is 2.77. The first-order valence-electron chi connectivity index (χ1n) is 6.31. The van der Waals surface area contributed by atoms with E-state index in [9.17, 15) is 18.3 Å². The van der Waals surface area contributed by atoms with Gasteiger partial charge in [-0.3, -0.25) is 4.79 Å². The van der Waals surface area contributed by atoms with Gasteiger partial charge in [-0.15, -0.1) is 0 Å². The lowest BCUT2D eigenvalue weighted by molar-refractivity contribution is 0.0739. The van der Waals surface area contributed by atoms with Crippen LogP contribution in [0.15, 0.2) is 18.2 Å². The summed E-state index contributed by atoms with van der Waals surface area (Å²) in [6.07, 6.45) is 1.15. The molecule has 6 heteroatoms. The van der Waals surface area contributed by atoms with Crippen molar-refractivity contribution >= 4 is 15.7 Å². The lowest BCUT2D eigenvalue weighted by Gasteiger charge is -2.29. The van der Waals surface area contributed by atoms with E-state index in [1.165, 1.54) is 18.0 Å². The van der Waals surface area contributed by atoms with Crippen molar-refractivity contribution in [2.45, 2.75) is 32.1 Å². The van der Waals surface area contributed by atoms with E-state index in [0.717, 1.165) is 11.8 Å². The van der Waals surface area contributed by atoms with Gasteiger partial charge in [0.1, 0.15) is 5.75 Å². The molecule has 20 heavy (non-hydrogen) atoms. The van der Waals surface area contributed by atoms with Crippen LogP contribution in [0, 0.1) is 6.92 Å². The molecule has 112 valence electrons. The van der Waals surface area contributed by atoms with Gasteiger partial charge in [0.05, 0.1) is 10.8 Å². The molecule has 1 rings (SSSR count). The number of phenolic OH excluding ortho intramolecular Hbond substituents is 1. The molecule has 0 aliphatic carbocycles. The van der Waals surface area contributed by atoms with Crippen LogP contribution in [0.25, 0.3) is 0 Å². The first-order chi connectivity index (χ1) is 9.05. The van der Waals surface area contributed by atoms with Crippen molar-refractivity contribution in [1.82, 2.24) is 4.90 Å². The van der Waals surface area contributed by atoms with Crippen molar-refractivity contribution in [2.75, 3.05) is 13.3 Å². The Hall–Kier alpha value is -1.56. The molecule has 2 atom stereocenters. The summed E-state index contributed by atoms with van der Waals surface area (Å²) in [6.45, 7) is 5.06. The van der Waals surface area contributed by atoms with Crippen LogP contribution >= 0.6 is 0 Å². The third-order valence-corrected chi connectivity index (χ3v) is 5.41. The molecule has 0 radical (unpaired) electrons. The minimum Gasteiger partial charge on any atom is -0.507 e. The number of aromatic hydroxyl groups is 1. The van der Waals surface area contributed by atoms with Crippen LogP contribution < -0.4 is 0 Å². The predicted octanol–water partition coefficient (Wildman–Crippen LogP) is 1.59. The van der Waals surface area contributed by atoms with Gasteiger partial charge in [-0.1, -0.05) is 11.6 Å². The highest BCUT2D eigenvalue weighted by atomic mass is 32.2. The summed E-state index contributed by atoms with van der Waals surface area (Å²) in [4.78, 5) is 13.7. The molecule has 0 bridgehead atoms. The molecule has 0 aliphatic heterocycles. The number of rotatable bonds is 4. The summed E-state index contributed by atoms with van der Waals surface area (Å²) in [6, 6.07) is 4.26. The molecule has 1 N–H and O–H groups in total. The van der Waals surface area contributed by atoms with E-state index in [4.69, 9.17) is 0 Å². The van der Waals surface area contributed by atoms with E-state index in [-0.39, 0.29) is 11.3 Å². The zero-order chi connectivity index (χ0) is 15.7. The number of phenols is 1. The molecule has 5 nitrogen and oxygen atoms in total. The largest absolute Gasteiger partial charge is 0.507 e. The maximum absolute atomic E-state index is 12.4. The van der Waals surface area contributed by atoms with Gasteiger partial charge in [-0.25, -0.2) is 8.42 Å². The minimum absolute atomic E-state index is 0.105. The van der Waals surface area contributed by atoms with E-state index in [0.29, 0.717) is 0 Å². The maximum atomic E-state index is 12.4. The second-order valence-corrected chi connectivity index (χ2v) is 7.61. The van der Waals surface area contributed by atoms with Gasteiger partial charge in [-0.2, -0.15) is 0 Å². The normalized spacial score (nSPS) is 14.7. The Kier molecular flexibility index (Phi) is 4.81. The van der Waals surface area contributed by atoms with Gasteiger partial charge >= 0.3 is 0 Å². The van der Waals surface area contributed by atoms with E-state index < -0.39 is 27.0 Å². The number of carbonyl (C=O) groups is 1. The molecule has 0 saturated heterocycles. The molecular weight excluding hydrogens is 278 g/mol. The van der Waals surface area contributed by atoms with E-state index in [1.807, 2.05) is 6.92 Å². The molecule has 0 fully saturated rings. The second kappa shape index (κ2) is 5.83. The first kappa shape index (κ1) is 16.5. The molecule has 0 heterocycles. The number of hydrogen-bond acceptors (Lipinski definition) is 4. The van der Waals surface area contributed by atoms with Crippen LogP contribution in [0.1, 0.15) is 29.8 Å². The topological polar surface area (TPSA) is 74.7 Å². The van der Waals surface area contributed by atoms with E-state index in [1.54, 1.807) is 26.0 Å². The quantitative estimate of drug-likeness (QED) is 0.916. The number of amides is 1. The van der Waals surface area contributed by atoms with Gasteiger partial charge < -0.3 is 10.0 Å². The number of hydrogen-bond donors (Lipinski definition) is 1. The Morgan fingerprint density at radius 2 is 1.85 bits per heavy atom. The molecule has 1 aromatic carbocycles. The smallest absolute Gasteiger partial charge is 0.257 e. The number of aryl methyl sites for hydroxylation is 1. The summed E-state index contributed by atoms with van der Waals surface area (Å²) in [5.74, 6) is -0.499. The lowest BCUT2D eigenvalue weighted by atomic mass is 10.1. The van der Waals surface area contributed by atoms with Crippen molar-refractivity contribution in [2.24, 2.45) is 0 Å². The van der Waals surface area contributed by atoms with Crippen LogP contribution in [-0.4, -0.2) is 48.9 Å². The van der Waals surface area contributed by atoms with Gasteiger partial charge in [0.2, 0.25) is 0 Å². The Bertz CT molecular complexity index is 610. The number of carbonyl (C=O) groups excluding carboxylic acids is 1. The van der Waals surface area contributed by atoms with Gasteiger partial charge in [0.15, 0.2) is 9.84 Å². The fourth-order valence-electron chi connectivity index (χ4n) is 1.87. The van der Waals surface area contributed by atoms with Crippen LogP contribution in [-0.2, 0) is 9.84 Å². The zero-order valence-corrected chi connectivity index (χ0v) is 13.2. The monoisotopic (exact) mass is 299 g/mol. The molecule has 1 aromatic rings. The van der Waals surface area contributed by atoms with Crippen molar-refractivity contribution < 1.29 is 18.3 Å². The molecule has 2 unspecified atom stereocenters. The number of sulfone groups is 1. The highest BCUT2D eigenvalue weighted by molar-refractivity contribution is 7.91. The average Bonchev–Trinajstić information content (AvgIpc) is 2.37. The summed E-state index contributed by atoms with van der Waals surface area (Å²) in [5, 5.41) is 9.09. The Labute approximate surface area is 120 Å². The highest BCUT2D eigenvalue weighted by Crippen LogP contribution is 2.21. The van der Waals surface area contributed by atoms with Gasteiger partial charge in [0, 0.05) is 19.3 Å². The number of benzene rings is 1. The van der Waals surface area contributed by atoms with Crippen molar-refractivity contribution in [3.8, 4) is 5.75 Å². The predicted molar refractivity (Wildman–Crippen MR) is 78.7 cm³/mol. The third-order valence-electron chi connectivity index (χ3n) is 3.67. The van der Waals surface area contributed by atoms with Crippen LogP contribution in [0.5, 0.6) is 5.75 Å². The highest BCUT2D eigenvalue weighted by Gasteiger charge is 2.29. The summed E-state index contributed by atoms with van der Waals surface area (Å²) in [7, 11) is -1.70. The van der Waals surface area contributed by atoms with Crippen LogP contribution in [0.4, 0.5) is 0 Å². The standard InChI is InChI=1S/C14H21NO4S/c1-9-6-7-13(16)12(8-9)14(17)15(4)10(2)11(3)20(5,18)19/h6-8,10-11,16H,1-5H3.